The minimum atomic E-state index is -4.14. The van der Waals surface area contributed by atoms with Gasteiger partial charge in [0, 0.05) is 25.6 Å². The van der Waals surface area contributed by atoms with Gasteiger partial charge in [-0.15, -0.1) is 0 Å². The summed E-state index contributed by atoms with van der Waals surface area (Å²) in [4.78, 5) is 8.69. The minimum Gasteiger partial charge on any atom is -0.347 e. The van der Waals surface area contributed by atoms with E-state index in [-0.39, 0.29) is 6.04 Å². The van der Waals surface area contributed by atoms with Crippen molar-refractivity contribution in [2.24, 2.45) is 0 Å². The van der Waals surface area contributed by atoms with E-state index in [9.17, 15) is 13.2 Å². The molecule has 1 unspecified atom stereocenters. The zero-order chi connectivity index (χ0) is 13.9. The monoisotopic (exact) mass is 276 g/mol. The van der Waals surface area contributed by atoms with Gasteiger partial charge in [-0.1, -0.05) is 6.92 Å². The number of rotatable bonds is 5. The van der Waals surface area contributed by atoms with Gasteiger partial charge >= 0.3 is 6.18 Å². The smallest absolute Gasteiger partial charge is 0.347 e. The summed E-state index contributed by atoms with van der Waals surface area (Å²) in [6, 6.07) is 0.0321. The average Bonchev–Trinajstić information content (AvgIpc) is 2.74. The number of nitrogens with one attached hydrogen (secondary N) is 2. The third-order valence-electron chi connectivity index (χ3n) is 3.24. The second-order valence-corrected chi connectivity index (χ2v) is 4.96. The molecule has 0 radical (unpaired) electrons. The molecule has 0 bridgehead atoms. The largest absolute Gasteiger partial charge is 0.401 e. The molecule has 1 aliphatic rings. The highest BCUT2D eigenvalue weighted by atomic mass is 19.4. The van der Waals surface area contributed by atoms with Crippen molar-refractivity contribution in [3.63, 3.8) is 0 Å². The highest BCUT2D eigenvalue weighted by Crippen LogP contribution is 2.18. The standard InChI is InChI=1S/C12H19F3N4/c1-2-3-19(7-12(13,14)15)6-9-4-10-11(5-16-9)18-8-17-10/h8-9,16H,2-7H2,1H3,(H,17,18). The van der Waals surface area contributed by atoms with Crippen LogP contribution >= 0.6 is 0 Å². The van der Waals surface area contributed by atoms with Crippen LogP contribution in [-0.4, -0.2) is 46.7 Å². The second-order valence-electron chi connectivity index (χ2n) is 4.96. The van der Waals surface area contributed by atoms with Crippen molar-refractivity contribution in [3.8, 4) is 0 Å². The molecule has 0 saturated heterocycles. The van der Waals surface area contributed by atoms with E-state index in [2.05, 4.69) is 15.3 Å². The average molecular weight is 276 g/mol. The molecule has 1 aromatic heterocycles. The number of halogens is 3. The maximum Gasteiger partial charge on any atom is 0.401 e. The number of aromatic nitrogens is 2. The first kappa shape index (κ1) is 14.3. The van der Waals surface area contributed by atoms with Crippen molar-refractivity contribution in [3.05, 3.63) is 17.7 Å². The highest BCUT2D eigenvalue weighted by Gasteiger charge is 2.32. The third kappa shape index (κ3) is 4.21. The van der Waals surface area contributed by atoms with Gasteiger partial charge < -0.3 is 10.3 Å². The number of hydrogen-bond donors (Lipinski definition) is 2. The zero-order valence-electron chi connectivity index (χ0n) is 10.9. The first-order chi connectivity index (χ1) is 8.98. The lowest BCUT2D eigenvalue weighted by Crippen LogP contribution is -2.47. The van der Waals surface area contributed by atoms with E-state index < -0.39 is 12.7 Å². The Kier molecular flexibility index (Phi) is 4.46. The fourth-order valence-electron chi connectivity index (χ4n) is 2.48. The molecule has 2 rings (SSSR count). The van der Waals surface area contributed by atoms with Gasteiger partial charge in [0.25, 0.3) is 0 Å². The fraction of sp³-hybridized carbons (Fsp3) is 0.750. The molecule has 1 aliphatic heterocycles. The van der Waals surface area contributed by atoms with Crippen LogP contribution in [0.25, 0.3) is 0 Å². The molecule has 19 heavy (non-hydrogen) atoms. The van der Waals surface area contributed by atoms with Gasteiger partial charge in [-0.25, -0.2) is 4.98 Å². The number of imidazole rings is 1. The molecule has 2 heterocycles. The molecule has 7 heteroatoms. The number of hydrogen-bond acceptors (Lipinski definition) is 3. The van der Waals surface area contributed by atoms with Crippen LogP contribution in [0.3, 0.4) is 0 Å². The Hall–Kier alpha value is -1.08. The summed E-state index contributed by atoms with van der Waals surface area (Å²) in [6.07, 6.45) is -1.11. The maximum absolute atomic E-state index is 12.5. The second kappa shape index (κ2) is 5.92. The zero-order valence-corrected chi connectivity index (χ0v) is 10.9. The topological polar surface area (TPSA) is 44.0 Å². The molecule has 1 aromatic rings. The van der Waals surface area contributed by atoms with Crippen molar-refractivity contribution < 1.29 is 13.2 Å². The van der Waals surface area contributed by atoms with Crippen molar-refractivity contribution >= 4 is 0 Å². The number of fused-ring (bicyclic) bond motifs is 1. The summed E-state index contributed by atoms with van der Waals surface area (Å²) in [7, 11) is 0. The maximum atomic E-state index is 12.5. The van der Waals surface area contributed by atoms with Gasteiger partial charge in [0.05, 0.1) is 24.3 Å². The van der Waals surface area contributed by atoms with Gasteiger partial charge in [-0.3, -0.25) is 4.90 Å². The van der Waals surface area contributed by atoms with Crippen LogP contribution in [0, 0.1) is 0 Å². The summed E-state index contributed by atoms with van der Waals surface area (Å²) in [5, 5.41) is 3.26. The SMILES string of the molecule is CCCN(CC1Cc2nc[nH]c2CN1)CC(F)(F)F. The van der Waals surface area contributed by atoms with Gasteiger partial charge in [-0.2, -0.15) is 13.2 Å². The Morgan fingerprint density at radius 2 is 2.26 bits per heavy atom. The van der Waals surface area contributed by atoms with E-state index in [4.69, 9.17) is 0 Å². The summed E-state index contributed by atoms with van der Waals surface area (Å²) in [5.74, 6) is 0. The summed E-state index contributed by atoms with van der Waals surface area (Å²) in [6.45, 7) is 2.56. The lowest BCUT2D eigenvalue weighted by molar-refractivity contribution is -0.146. The first-order valence-electron chi connectivity index (χ1n) is 6.51. The first-order valence-corrected chi connectivity index (χ1v) is 6.51. The molecule has 108 valence electrons. The van der Waals surface area contributed by atoms with Crippen LogP contribution in [0.4, 0.5) is 13.2 Å². The van der Waals surface area contributed by atoms with Crippen LogP contribution in [0.5, 0.6) is 0 Å². The van der Waals surface area contributed by atoms with E-state index in [1.807, 2.05) is 6.92 Å². The Bertz CT molecular complexity index is 402. The highest BCUT2D eigenvalue weighted by molar-refractivity contribution is 5.15. The van der Waals surface area contributed by atoms with E-state index >= 15 is 0 Å². The number of nitrogens with zero attached hydrogens (tertiary/aromatic N) is 2. The lowest BCUT2D eigenvalue weighted by atomic mass is 10.0. The Morgan fingerprint density at radius 3 is 2.95 bits per heavy atom. The normalized spacial score (nSPS) is 19.7. The van der Waals surface area contributed by atoms with Crippen LogP contribution in [0.1, 0.15) is 24.7 Å². The quantitative estimate of drug-likeness (QED) is 0.860. The van der Waals surface area contributed by atoms with E-state index in [0.717, 1.165) is 17.8 Å². The number of alkyl halides is 3. The van der Waals surface area contributed by atoms with E-state index in [1.54, 1.807) is 6.33 Å². The molecule has 0 amide bonds. The van der Waals surface area contributed by atoms with E-state index in [1.165, 1.54) is 4.90 Å². The minimum absolute atomic E-state index is 0.0321. The van der Waals surface area contributed by atoms with Crippen molar-refractivity contribution in [2.75, 3.05) is 19.6 Å². The number of H-pyrrole nitrogens is 1. The molecule has 1 atom stereocenters. The lowest BCUT2D eigenvalue weighted by Gasteiger charge is -2.30. The molecule has 0 saturated carbocycles. The Labute approximate surface area is 110 Å². The van der Waals surface area contributed by atoms with Crippen LogP contribution in [0.15, 0.2) is 6.33 Å². The predicted octanol–water partition coefficient (Wildman–Crippen LogP) is 1.70. The van der Waals surface area contributed by atoms with Crippen molar-refractivity contribution in [1.82, 2.24) is 20.2 Å². The van der Waals surface area contributed by atoms with Crippen LogP contribution in [0.2, 0.25) is 0 Å². The molecule has 0 spiro atoms. The van der Waals surface area contributed by atoms with Crippen molar-refractivity contribution in [2.45, 2.75) is 38.5 Å². The summed E-state index contributed by atoms with van der Waals surface area (Å²) >= 11 is 0. The van der Waals surface area contributed by atoms with Gasteiger partial charge in [-0.05, 0) is 13.0 Å². The molecular formula is C12H19F3N4. The van der Waals surface area contributed by atoms with Gasteiger partial charge in [0.2, 0.25) is 0 Å². The predicted molar refractivity (Wildman–Crippen MR) is 65.7 cm³/mol. The molecule has 0 fully saturated rings. The Morgan fingerprint density at radius 1 is 1.47 bits per heavy atom. The van der Waals surface area contributed by atoms with Crippen molar-refractivity contribution in [1.29, 1.82) is 0 Å². The molecule has 0 aromatic carbocycles. The van der Waals surface area contributed by atoms with Crippen LogP contribution < -0.4 is 5.32 Å². The third-order valence-corrected chi connectivity index (χ3v) is 3.24. The van der Waals surface area contributed by atoms with Gasteiger partial charge in [0.1, 0.15) is 0 Å². The fourth-order valence-corrected chi connectivity index (χ4v) is 2.48. The molecule has 2 N–H and O–H groups in total. The summed E-state index contributed by atoms with van der Waals surface area (Å²) in [5.41, 5.74) is 2.00. The van der Waals surface area contributed by atoms with Gasteiger partial charge in [0.15, 0.2) is 0 Å². The van der Waals surface area contributed by atoms with Crippen LogP contribution in [-0.2, 0) is 13.0 Å². The molecule has 0 aliphatic carbocycles. The number of aromatic amines is 1. The summed E-state index contributed by atoms with van der Waals surface area (Å²) < 4.78 is 37.5. The molecular weight excluding hydrogens is 257 g/mol. The Balaban J connectivity index is 1.91. The van der Waals surface area contributed by atoms with E-state index in [0.29, 0.717) is 26.1 Å². The molecule has 4 nitrogen and oxygen atoms in total.